The van der Waals surface area contributed by atoms with Gasteiger partial charge < -0.3 is 15.2 Å². The van der Waals surface area contributed by atoms with Gasteiger partial charge in [0.05, 0.1) is 11.1 Å². The molecule has 1 amide bonds. The number of rotatable bonds is 7. The first-order valence-corrected chi connectivity index (χ1v) is 8.12. The van der Waals surface area contributed by atoms with Gasteiger partial charge in [0.1, 0.15) is 17.6 Å². The lowest BCUT2D eigenvalue weighted by Gasteiger charge is -2.24. The molecule has 0 atom stereocenters. The Hall–Kier alpha value is -2.84. The summed E-state index contributed by atoms with van der Waals surface area (Å²) in [4.78, 5) is 12.5. The van der Waals surface area contributed by atoms with Crippen molar-refractivity contribution in [1.29, 1.82) is 5.26 Å². The van der Waals surface area contributed by atoms with Crippen LogP contribution in [0.3, 0.4) is 0 Å². The summed E-state index contributed by atoms with van der Waals surface area (Å²) < 4.78 is 5.81. The lowest BCUT2D eigenvalue weighted by molar-refractivity contribution is 0.0926. The summed E-state index contributed by atoms with van der Waals surface area (Å²) in [6.07, 6.45) is 0.598. The number of nitriles is 1. The van der Waals surface area contributed by atoms with Crippen molar-refractivity contribution in [1.82, 2.24) is 5.32 Å². The number of hydrogen-bond acceptors (Lipinski definition) is 4. The quantitative estimate of drug-likeness (QED) is 0.809. The van der Waals surface area contributed by atoms with Gasteiger partial charge in [0.2, 0.25) is 0 Å². The summed E-state index contributed by atoms with van der Waals surface area (Å²) in [6.45, 7) is 4.48. The summed E-state index contributed by atoms with van der Waals surface area (Å²) >= 11 is 0. The van der Waals surface area contributed by atoms with Crippen LogP contribution in [0.5, 0.6) is 11.5 Å². The molecule has 0 bridgehead atoms. The topological polar surface area (TPSA) is 82.3 Å². The van der Waals surface area contributed by atoms with E-state index in [0.717, 1.165) is 0 Å². The van der Waals surface area contributed by atoms with Gasteiger partial charge in [0.15, 0.2) is 0 Å². The molecule has 5 heteroatoms. The molecule has 5 nitrogen and oxygen atoms in total. The van der Waals surface area contributed by atoms with Crippen LogP contribution in [0.1, 0.15) is 36.2 Å². The number of nitrogens with one attached hydrogen (secondary N) is 1. The highest BCUT2D eigenvalue weighted by Crippen LogP contribution is 2.28. The number of aliphatic hydroxyl groups is 1. The molecule has 2 aromatic carbocycles. The van der Waals surface area contributed by atoms with Crippen LogP contribution in [0.2, 0.25) is 0 Å². The summed E-state index contributed by atoms with van der Waals surface area (Å²) in [6, 6.07) is 15.9. The molecule has 0 fully saturated rings. The summed E-state index contributed by atoms with van der Waals surface area (Å²) in [7, 11) is 0. The van der Waals surface area contributed by atoms with E-state index in [1.807, 2.05) is 13.8 Å². The van der Waals surface area contributed by atoms with Crippen molar-refractivity contribution < 1.29 is 14.6 Å². The van der Waals surface area contributed by atoms with Gasteiger partial charge in [0, 0.05) is 13.2 Å². The fourth-order valence-electron chi connectivity index (χ4n) is 2.32. The number of hydrogen-bond donors (Lipinski definition) is 2. The van der Waals surface area contributed by atoms with E-state index in [0.29, 0.717) is 35.6 Å². The molecular weight excluding hydrogens is 316 g/mol. The molecule has 0 radical (unpaired) electrons. The molecule has 130 valence electrons. The van der Waals surface area contributed by atoms with Crippen LogP contribution in [0.4, 0.5) is 0 Å². The van der Waals surface area contributed by atoms with Crippen molar-refractivity contribution >= 4 is 5.91 Å². The molecule has 0 aromatic heterocycles. The molecule has 2 N–H and O–H groups in total. The summed E-state index contributed by atoms with van der Waals surface area (Å²) in [5.41, 5.74) is 0.602. The molecule has 0 spiro atoms. The van der Waals surface area contributed by atoms with E-state index in [4.69, 9.17) is 15.1 Å². The van der Waals surface area contributed by atoms with Gasteiger partial charge in [0.25, 0.3) is 5.91 Å². The highest BCUT2D eigenvalue weighted by atomic mass is 16.5. The Morgan fingerprint density at radius 3 is 2.48 bits per heavy atom. The van der Waals surface area contributed by atoms with E-state index in [9.17, 15) is 4.79 Å². The van der Waals surface area contributed by atoms with Gasteiger partial charge in [-0.25, -0.2) is 0 Å². The highest BCUT2D eigenvalue weighted by Gasteiger charge is 2.20. The first kappa shape index (κ1) is 18.5. The number of nitrogens with zero attached hydrogens (tertiary/aromatic N) is 1. The maximum atomic E-state index is 12.5. The van der Waals surface area contributed by atoms with Gasteiger partial charge in [-0.2, -0.15) is 5.26 Å². The van der Waals surface area contributed by atoms with Gasteiger partial charge >= 0.3 is 0 Å². The Labute approximate surface area is 147 Å². The second-order valence-electron chi connectivity index (χ2n) is 6.53. The zero-order valence-corrected chi connectivity index (χ0v) is 14.5. The zero-order valence-electron chi connectivity index (χ0n) is 14.5. The van der Waals surface area contributed by atoms with Crippen LogP contribution in [0.25, 0.3) is 0 Å². The van der Waals surface area contributed by atoms with Crippen molar-refractivity contribution in [2.75, 3.05) is 13.2 Å². The normalized spacial score (nSPS) is 10.8. The zero-order chi connectivity index (χ0) is 18.3. The van der Waals surface area contributed by atoms with Gasteiger partial charge in [-0.3, -0.25) is 4.79 Å². The predicted octanol–water partition coefficient (Wildman–Crippen LogP) is 3.49. The van der Waals surface area contributed by atoms with Crippen molar-refractivity contribution in [3.8, 4) is 17.6 Å². The Kier molecular flexibility index (Phi) is 6.15. The number of para-hydroxylation sites is 2. The number of carbonyl (C=O) groups excluding carboxylic acids is 1. The molecule has 0 unspecified atom stereocenters. The van der Waals surface area contributed by atoms with Crippen LogP contribution < -0.4 is 10.1 Å². The average molecular weight is 338 g/mol. The second-order valence-corrected chi connectivity index (χ2v) is 6.53. The van der Waals surface area contributed by atoms with Crippen LogP contribution in [-0.4, -0.2) is 24.2 Å². The smallest absolute Gasteiger partial charge is 0.255 e. The van der Waals surface area contributed by atoms with Crippen molar-refractivity contribution in [2.45, 2.75) is 20.3 Å². The standard InChI is InChI=1S/C20H22N2O3/c1-20(2,11-12-23)14-22-19(24)16-8-4-6-10-18(16)25-17-9-5-3-7-15(17)13-21/h3-10,23H,11-12,14H2,1-2H3,(H,22,24). The Bertz CT molecular complexity index is 779. The summed E-state index contributed by atoms with van der Waals surface area (Å²) in [5.74, 6) is 0.546. The fourth-order valence-corrected chi connectivity index (χ4v) is 2.32. The van der Waals surface area contributed by atoms with Gasteiger partial charge in [-0.1, -0.05) is 38.1 Å². The van der Waals surface area contributed by atoms with Crippen molar-refractivity contribution in [3.63, 3.8) is 0 Å². The maximum absolute atomic E-state index is 12.5. The predicted molar refractivity (Wildman–Crippen MR) is 95.5 cm³/mol. The van der Waals surface area contributed by atoms with Crippen molar-refractivity contribution in [2.24, 2.45) is 5.41 Å². The third-order valence-corrected chi connectivity index (χ3v) is 3.88. The minimum absolute atomic E-state index is 0.0769. The third kappa shape index (κ3) is 5.07. The number of amides is 1. The molecule has 0 saturated carbocycles. The Morgan fingerprint density at radius 2 is 1.80 bits per heavy atom. The lowest BCUT2D eigenvalue weighted by atomic mass is 9.89. The minimum atomic E-state index is -0.254. The second kappa shape index (κ2) is 8.32. The lowest BCUT2D eigenvalue weighted by Crippen LogP contribution is -2.34. The third-order valence-electron chi connectivity index (χ3n) is 3.88. The molecule has 0 aliphatic heterocycles. The first-order valence-electron chi connectivity index (χ1n) is 8.12. The first-order chi connectivity index (χ1) is 12.0. The highest BCUT2D eigenvalue weighted by molar-refractivity contribution is 5.97. The molecule has 0 aliphatic rings. The van der Waals surface area contributed by atoms with Crippen LogP contribution in [0, 0.1) is 16.7 Å². The summed E-state index contributed by atoms with van der Waals surface area (Å²) in [5, 5.41) is 21.1. The van der Waals surface area contributed by atoms with Crippen molar-refractivity contribution in [3.05, 3.63) is 59.7 Å². The van der Waals surface area contributed by atoms with E-state index in [1.165, 1.54) is 0 Å². The van der Waals surface area contributed by atoms with E-state index in [-0.39, 0.29) is 17.9 Å². The number of aliphatic hydroxyl groups excluding tert-OH is 1. The molecule has 0 heterocycles. The van der Waals surface area contributed by atoms with Crippen LogP contribution >= 0.6 is 0 Å². The molecule has 0 saturated heterocycles. The van der Waals surface area contributed by atoms with Gasteiger partial charge in [-0.15, -0.1) is 0 Å². The minimum Gasteiger partial charge on any atom is -0.455 e. The van der Waals surface area contributed by atoms with E-state index in [2.05, 4.69) is 11.4 Å². The number of carbonyl (C=O) groups is 1. The SMILES string of the molecule is CC(C)(CCO)CNC(=O)c1ccccc1Oc1ccccc1C#N. The van der Waals surface area contributed by atoms with E-state index < -0.39 is 0 Å². The molecule has 2 rings (SSSR count). The number of benzene rings is 2. The van der Waals surface area contributed by atoms with E-state index in [1.54, 1.807) is 48.5 Å². The molecule has 2 aromatic rings. The Balaban J connectivity index is 2.18. The largest absolute Gasteiger partial charge is 0.455 e. The molecular formula is C20H22N2O3. The average Bonchev–Trinajstić information content (AvgIpc) is 2.61. The Morgan fingerprint density at radius 1 is 1.16 bits per heavy atom. The van der Waals surface area contributed by atoms with Gasteiger partial charge in [-0.05, 0) is 36.1 Å². The van der Waals surface area contributed by atoms with Crippen LogP contribution in [-0.2, 0) is 0 Å². The monoisotopic (exact) mass is 338 g/mol. The maximum Gasteiger partial charge on any atom is 0.255 e. The van der Waals surface area contributed by atoms with Crippen LogP contribution in [0.15, 0.2) is 48.5 Å². The molecule has 0 aliphatic carbocycles. The van der Waals surface area contributed by atoms with E-state index >= 15 is 0 Å². The number of ether oxygens (including phenoxy) is 1. The molecule has 25 heavy (non-hydrogen) atoms. The fraction of sp³-hybridized carbons (Fsp3) is 0.300.